The highest BCUT2D eigenvalue weighted by Crippen LogP contribution is 2.39. The van der Waals surface area contributed by atoms with Crippen LogP contribution >= 0.6 is 0 Å². The van der Waals surface area contributed by atoms with Crippen LogP contribution in [0, 0.1) is 0 Å². The number of esters is 1. The summed E-state index contributed by atoms with van der Waals surface area (Å²) in [6.45, 7) is 0.631. The maximum absolute atomic E-state index is 14.4. The molecule has 26 heavy (non-hydrogen) atoms. The molecule has 1 aliphatic heterocycles. The van der Waals surface area contributed by atoms with Crippen LogP contribution in [0.5, 0.6) is 0 Å². The van der Waals surface area contributed by atoms with Crippen molar-refractivity contribution in [3.63, 3.8) is 0 Å². The van der Waals surface area contributed by atoms with Crippen molar-refractivity contribution in [2.45, 2.75) is 31.2 Å². The van der Waals surface area contributed by atoms with E-state index in [2.05, 4.69) is 20.3 Å². The molecule has 12 nitrogen and oxygen atoms in total. The van der Waals surface area contributed by atoms with Crippen molar-refractivity contribution in [3.8, 4) is 0 Å². The lowest BCUT2D eigenvalue weighted by Crippen LogP contribution is -2.43. The number of alkyl halides is 1. The molecule has 0 aromatic carbocycles. The molecule has 4 atom stereocenters. The van der Waals surface area contributed by atoms with E-state index in [-0.39, 0.29) is 19.0 Å². The number of ether oxygens (including phenoxy) is 2. The first-order valence-electron chi connectivity index (χ1n) is 7.54. The van der Waals surface area contributed by atoms with Crippen LogP contribution in [0.3, 0.4) is 0 Å². The molecule has 2 rings (SSSR count). The second-order valence-corrected chi connectivity index (χ2v) is 5.25. The number of aliphatic hydroxyl groups is 2. The first kappa shape index (κ1) is 19.6. The number of rotatable bonds is 7. The van der Waals surface area contributed by atoms with Crippen molar-refractivity contribution < 1.29 is 28.9 Å². The van der Waals surface area contributed by atoms with Crippen LogP contribution in [0.2, 0.25) is 0 Å². The van der Waals surface area contributed by atoms with Crippen LogP contribution in [0.15, 0.2) is 22.2 Å². The Morgan fingerprint density at radius 1 is 1.69 bits per heavy atom. The Kier molecular flexibility index (Phi) is 6.10. The van der Waals surface area contributed by atoms with Crippen molar-refractivity contribution in [2.24, 2.45) is 5.11 Å². The van der Waals surface area contributed by atoms with Gasteiger partial charge in [-0.1, -0.05) is 5.11 Å². The molecule has 0 spiro atoms. The van der Waals surface area contributed by atoms with Crippen LogP contribution in [-0.4, -0.2) is 63.5 Å². The average Bonchev–Trinajstić information content (AvgIpc) is 2.86. The molecule has 1 aromatic heterocycles. The molecule has 2 unspecified atom stereocenters. The third kappa shape index (κ3) is 3.75. The Balaban J connectivity index is 2.20. The van der Waals surface area contributed by atoms with Crippen molar-refractivity contribution in [1.82, 2.24) is 9.55 Å². The number of aliphatic hydroxyl groups excluding tert-OH is 2. The van der Waals surface area contributed by atoms with Crippen LogP contribution < -0.4 is 11.0 Å². The van der Waals surface area contributed by atoms with Gasteiger partial charge in [0.25, 0.3) is 0 Å². The molecule has 0 bridgehead atoms. The third-order valence-corrected chi connectivity index (χ3v) is 3.62. The number of nitrogens with one attached hydrogen (secondary N) is 1. The molecule has 0 aliphatic carbocycles. The quantitative estimate of drug-likeness (QED) is 0.247. The minimum Gasteiger partial charge on any atom is -0.465 e. The van der Waals surface area contributed by atoms with Gasteiger partial charge in [0.05, 0.1) is 13.2 Å². The smallest absolute Gasteiger partial charge is 0.351 e. The number of hydrogen-bond acceptors (Lipinski definition) is 9. The minimum atomic E-state index is -2.25. The molecule has 1 saturated heterocycles. The van der Waals surface area contributed by atoms with Gasteiger partial charge in [-0.25, -0.2) is 9.18 Å². The number of anilines is 1. The van der Waals surface area contributed by atoms with Crippen molar-refractivity contribution in [1.29, 1.82) is 0 Å². The van der Waals surface area contributed by atoms with E-state index in [4.69, 9.17) is 15.0 Å². The van der Waals surface area contributed by atoms with E-state index in [0.29, 0.717) is 0 Å². The van der Waals surface area contributed by atoms with Crippen molar-refractivity contribution in [3.05, 3.63) is 33.2 Å². The molecule has 0 amide bonds. The summed E-state index contributed by atoms with van der Waals surface area (Å²) in [5, 5.41) is 24.9. The number of aromatic nitrogens is 2. The number of halogens is 1. The minimum absolute atomic E-state index is 0.0386. The van der Waals surface area contributed by atoms with Crippen molar-refractivity contribution in [2.75, 3.05) is 25.1 Å². The predicted molar refractivity (Wildman–Crippen MR) is 83.6 cm³/mol. The van der Waals surface area contributed by atoms with E-state index in [0.717, 1.165) is 10.8 Å². The van der Waals surface area contributed by atoms with Gasteiger partial charge < -0.3 is 25.0 Å². The maximum atomic E-state index is 14.4. The summed E-state index contributed by atoms with van der Waals surface area (Å²) in [6, 6.07) is 1.27. The molecule has 0 saturated carbocycles. The van der Waals surface area contributed by atoms with Gasteiger partial charge in [-0.3, -0.25) is 9.36 Å². The van der Waals surface area contributed by atoms with Gasteiger partial charge in [0.15, 0.2) is 12.4 Å². The first-order chi connectivity index (χ1) is 12.4. The largest absolute Gasteiger partial charge is 0.465 e. The fourth-order valence-electron chi connectivity index (χ4n) is 2.36. The van der Waals surface area contributed by atoms with E-state index >= 15 is 0 Å². The molecule has 13 heteroatoms. The van der Waals surface area contributed by atoms with Gasteiger partial charge in [-0.05, 0) is 18.5 Å². The average molecular weight is 372 g/mol. The van der Waals surface area contributed by atoms with Gasteiger partial charge in [-0.2, -0.15) is 4.98 Å². The van der Waals surface area contributed by atoms with Gasteiger partial charge in [0.2, 0.25) is 5.72 Å². The number of nitrogens with zero attached hydrogens (tertiary/aromatic N) is 5. The van der Waals surface area contributed by atoms with E-state index in [1.54, 1.807) is 6.92 Å². The van der Waals surface area contributed by atoms with Gasteiger partial charge in [0, 0.05) is 11.1 Å². The molecule has 1 aliphatic rings. The number of carbonyl (C=O) groups excluding carboxylic acids is 1. The molecule has 142 valence electrons. The number of azide groups is 1. The molecular weight excluding hydrogens is 355 g/mol. The first-order valence-corrected chi connectivity index (χ1v) is 7.54. The third-order valence-electron chi connectivity index (χ3n) is 3.62. The van der Waals surface area contributed by atoms with Gasteiger partial charge in [0.1, 0.15) is 18.5 Å². The zero-order chi connectivity index (χ0) is 19.3. The highest BCUT2D eigenvalue weighted by molar-refractivity contribution is 5.74. The van der Waals surface area contributed by atoms with Crippen LogP contribution in [-0.2, 0) is 14.3 Å². The summed E-state index contributed by atoms with van der Waals surface area (Å²) in [6.07, 6.45) is -4.69. The summed E-state index contributed by atoms with van der Waals surface area (Å²) >= 11 is 0. The van der Waals surface area contributed by atoms with E-state index in [9.17, 15) is 24.2 Å². The summed E-state index contributed by atoms with van der Waals surface area (Å²) in [4.78, 5) is 29.4. The highest BCUT2D eigenvalue weighted by atomic mass is 19.1. The lowest BCUT2D eigenvalue weighted by Gasteiger charge is -2.23. The normalized spacial score (nSPS) is 27.6. The molecule has 3 N–H and O–H groups in total. The van der Waals surface area contributed by atoms with Crippen LogP contribution in [0.4, 0.5) is 10.2 Å². The highest BCUT2D eigenvalue weighted by Gasteiger charge is 2.56. The Bertz CT molecular complexity index is 768. The lowest BCUT2D eigenvalue weighted by molar-refractivity contribution is -0.140. The number of hydrogen-bond donors (Lipinski definition) is 3. The Labute approximate surface area is 145 Å². The molecule has 2 heterocycles. The number of carbonyl (C=O) groups is 1. The standard InChI is InChI=1S/C13H17FN6O6/c1-2-25-8(22)5-16-7-3-4-20(12(24)17-7)11-9(14)10(23)13(6-21,26-11)18-19-15/h3-4,9-11,21,23H,2,5-6H2,1H3,(H,16,17,24)/t9-,10?,11?,13+/m0/s1. The second kappa shape index (κ2) is 8.10. The Morgan fingerprint density at radius 3 is 3.00 bits per heavy atom. The van der Waals surface area contributed by atoms with E-state index in [1.165, 1.54) is 6.07 Å². The zero-order valence-electron chi connectivity index (χ0n) is 13.6. The summed E-state index contributed by atoms with van der Waals surface area (Å²) in [5.74, 6) is -0.511. The fourth-order valence-corrected chi connectivity index (χ4v) is 2.36. The monoisotopic (exact) mass is 372 g/mol. The van der Waals surface area contributed by atoms with E-state index < -0.39 is 42.5 Å². The fraction of sp³-hybridized carbons (Fsp3) is 0.615. The van der Waals surface area contributed by atoms with Crippen molar-refractivity contribution >= 4 is 11.8 Å². The predicted octanol–water partition coefficient (Wildman–Crippen LogP) is -0.555. The molecule has 1 fully saturated rings. The van der Waals surface area contributed by atoms with Gasteiger partial charge >= 0.3 is 11.7 Å². The topological polar surface area (TPSA) is 172 Å². The SMILES string of the molecule is CCOC(=O)CNc1ccn(C2O[C@@](CO)(N=[N+]=[N-])C(O)[C@@H]2F)c(=O)n1. The zero-order valence-corrected chi connectivity index (χ0v) is 13.6. The molecule has 0 radical (unpaired) electrons. The summed E-state index contributed by atoms with van der Waals surface area (Å²) in [5.41, 5.74) is 5.32. The van der Waals surface area contributed by atoms with Gasteiger partial charge in [-0.15, -0.1) is 0 Å². The second-order valence-electron chi connectivity index (χ2n) is 5.25. The maximum Gasteiger partial charge on any atom is 0.351 e. The summed E-state index contributed by atoms with van der Waals surface area (Å²) < 4.78 is 24.9. The van der Waals surface area contributed by atoms with Crippen LogP contribution in [0.25, 0.3) is 10.4 Å². The Hall–Kier alpha value is -2.73. The van der Waals surface area contributed by atoms with E-state index in [1.807, 2.05) is 0 Å². The Morgan fingerprint density at radius 2 is 2.42 bits per heavy atom. The molecule has 1 aromatic rings. The molecular formula is C13H17FN6O6. The van der Waals surface area contributed by atoms with Crippen LogP contribution in [0.1, 0.15) is 13.2 Å². The summed E-state index contributed by atoms with van der Waals surface area (Å²) in [7, 11) is 0. The lowest BCUT2D eigenvalue weighted by atomic mass is 10.1.